The van der Waals surface area contributed by atoms with Crippen molar-refractivity contribution in [2.45, 2.75) is 6.92 Å². The average molecular weight is 225 g/mol. The summed E-state index contributed by atoms with van der Waals surface area (Å²) >= 11 is 5.24. The van der Waals surface area contributed by atoms with Gasteiger partial charge in [0.25, 0.3) is 10.9 Å². The van der Waals surface area contributed by atoms with E-state index in [0.717, 1.165) is 6.07 Å². The molecule has 1 rings (SSSR count). The molecule has 0 aliphatic rings. The zero-order valence-electron chi connectivity index (χ0n) is 7.65. The van der Waals surface area contributed by atoms with Crippen LogP contribution in [0, 0.1) is 28.4 Å². The van der Waals surface area contributed by atoms with Gasteiger partial charge in [0.15, 0.2) is 0 Å². The average Bonchev–Trinajstić information content (AvgIpc) is 2.16. The summed E-state index contributed by atoms with van der Waals surface area (Å²) in [5.74, 6) is 0. The van der Waals surface area contributed by atoms with Crippen molar-refractivity contribution in [2.24, 2.45) is 0 Å². The zero-order chi connectivity index (χ0) is 11.6. The first-order valence-electron chi connectivity index (χ1n) is 3.86. The molecule has 15 heavy (non-hydrogen) atoms. The second-order valence-electron chi connectivity index (χ2n) is 2.83. The van der Waals surface area contributed by atoms with Crippen LogP contribution in [-0.4, -0.2) is 10.2 Å². The first-order chi connectivity index (χ1) is 6.97. The maximum absolute atomic E-state index is 10.9. The Kier molecular flexibility index (Phi) is 3.02. The number of carbonyl (C=O) groups excluding carboxylic acids is 1. The topological polar surface area (TPSA) is 84.0 Å². The van der Waals surface area contributed by atoms with E-state index in [9.17, 15) is 14.9 Å². The molecule has 0 unspecified atom stereocenters. The highest BCUT2D eigenvalue weighted by atomic mass is 35.5. The molecule has 0 amide bonds. The van der Waals surface area contributed by atoms with Gasteiger partial charge in [0.2, 0.25) is 0 Å². The van der Waals surface area contributed by atoms with Crippen molar-refractivity contribution in [1.82, 2.24) is 0 Å². The van der Waals surface area contributed by atoms with Crippen LogP contribution in [0.15, 0.2) is 12.1 Å². The van der Waals surface area contributed by atoms with E-state index in [2.05, 4.69) is 0 Å². The predicted octanol–water partition coefficient (Wildman–Crippen LogP) is 2.15. The minimum absolute atomic E-state index is 0.0439. The Morgan fingerprint density at radius 2 is 2.20 bits per heavy atom. The first kappa shape index (κ1) is 11.1. The van der Waals surface area contributed by atoms with Gasteiger partial charge in [-0.15, -0.1) is 0 Å². The Morgan fingerprint density at radius 1 is 1.60 bits per heavy atom. The van der Waals surface area contributed by atoms with E-state index in [1.165, 1.54) is 6.07 Å². The third kappa shape index (κ3) is 2.11. The predicted molar refractivity (Wildman–Crippen MR) is 52.7 cm³/mol. The van der Waals surface area contributed by atoms with Crippen LogP contribution in [0.2, 0.25) is 0 Å². The number of nitriles is 1. The standard InChI is InChI=1S/C9H5ClN2O3/c1-5-2-6(4-11)8(12(14)15)3-7(5)9(10)13/h2-3H,1H3. The Morgan fingerprint density at radius 3 is 2.60 bits per heavy atom. The summed E-state index contributed by atoms with van der Waals surface area (Å²) in [7, 11) is 0. The van der Waals surface area contributed by atoms with Crippen molar-refractivity contribution in [3.05, 3.63) is 38.9 Å². The molecule has 6 heteroatoms. The van der Waals surface area contributed by atoms with E-state index in [1.54, 1.807) is 13.0 Å². The lowest BCUT2D eigenvalue weighted by atomic mass is 10.0. The molecule has 0 aliphatic carbocycles. The van der Waals surface area contributed by atoms with Crippen molar-refractivity contribution >= 4 is 22.5 Å². The number of benzene rings is 1. The van der Waals surface area contributed by atoms with Gasteiger partial charge < -0.3 is 0 Å². The third-order valence-electron chi connectivity index (χ3n) is 1.87. The van der Waals surface area contributed by atoms with Crippen LogP contribution >= 0.6 is 11.6 Å². The number of nitro groups is 1. The normalized spacial score (nSPS) is 9.40. The van der Waals surface area contributed by atoms with E-state index in [0.29, 0.717) is 5.56 Å². The molecule has 0 aromatic heterocycles. The van der Waals surface area contributed by atoms with Gasteiger partial charge in [-0.05, 0) is 30.2 Å². The van der Waals surface area contributed by atoms with Crippen LogP contribution in [0.4, 0.5) is 5.69 Å². The number of halogens is 1. The lowest BCUT2D eigenvalue weighted by Crippen LogP contribution is -1.99. The van der Waals surface area contributed by atoms with Gasteiger partial charge in [-0.25, -0.2) is 0 Å². The van der Waals surface area contributed by atoms with Crippen LogP contribution < -0.4 is 0 Å². The molecule has 0 saturated carbocycles. The second-order valence-corrected chi connectivity index (χ2v) is 3.17. The number of nitro benzene ring substituents is 1. The molecular formula is C9H5ClN2O3. The highest BCUT2D eigenvalue weighted by molar-refractivity contribution is 6.68. The largest absolute Gasteiger partial charge is 0.287 e. The lowest BCUT2D eigenvalue weighted by molar-refractivity contribution is -0.385. The number of rotatable bonds is 2. The molecule has 0 radical (unpaired) electrons. The molecule has 76 valence electrons. The number of carbonyl (C=O) groups is 1. The van der Waals surface area contributed by atoms with Crippen molar-refractivity contribution in [2.75, 3.05) is 0 Å². The first-order valence-corrected chi connectivity index (χ1v) is 4.24. The van der Waals surface area contributed by atoms with Crippen molar-refractivity contribution < 1.29 is 9.72 Å². The smallest absolute Gasteiger partial charge is 0.276 e. The quantitative estimate of drug-likeness (QED) is 0.438. The highest BCUT2D eigenvalue weighted by Crippen LogP contribution is 2.23. The van der Waals surface area contributed by atoms with Gasteiger partial charge >= 0.3 is 0 Å². The fourth-order valence-electron chi connectivity index (χ4n) is 1.15. The maximum Gasteiger partial charge on any atom is 0.287 e. The van der Waals surface area contributed by atoms with Crippen molar-refractivity contribution in [3.8, 4) is 6.07 Å². The molecule has 0 N–H and O–H groups in total. The molecule has 1 aromatic rings. The minimum Gasteiger partial charge on any atom is -0.276 e. The molecule has 0 heterocycles. The van der Waals surface area contributed by atoms with Gasteiger partial charge in [-0.3, -0.25) is 14.9 Å². The van der Waals surface area contributed by atoms with Crippen LogP contribution in [0.1, 0.15) is 21.5 Å². The number of hydrogen-bond donors (Lipinski definition) is 0. The van der Waals surface area contributed by atoms with E-state index in [-0.39, 0.29) is 11.1 Å². The van der Waals surface area contributed by atoms with Gasteiger partial charge in [-0.2, -0.15) is 5.26 Å². The molecule has 0 atom stereocenters. The minimum atomic E-state index is -0.778. The van der Waals surface area contributed by atoms with E-state index < -0.39 is 15.9 Å². The number of nitrogens with zero attached hydrogens (tertiary/aromatic N) is 2. The van der Waals surface area contributed by atoms with Crippen LogP contribution in [0.3, 0.4) is 0 Å². The van der Waals surface area contributed by atoms with Crippen LogP contribution in [0.25, 0.3) is 0 Å². The van der Waals surface area contributed by atoms with Crippen LogP contribution in [-0.2, 0) is 0 Å². The summed E-state index contributed by atoms with van der Waals surface area (Å²) in [6.45, 7) is 1.56. The number of hydrogen-bond acceptors (Lipinski definition) is 4. The highest BCUT2D eigenvalue weighted by Gasteiger charge is 2.18. The maximum atomic E-state index is 10.9. The fraction of sp³-hybridized carbons (Fsp3) is 0.111. The van der Waals surface area contributed by atoms with Crippen molar-refractivity contribution in [3.63, 3.8) is 0 Å². The third-order valence-corrected chi connectivity index (χ3v) is 2.08. The van der Waals surface area contributed by atoms with E-state index in [4.69, 9.17) is 16.9 Å². The molecule has 0 spiro atoms. The molecule has 0 aliphatic heterocycles. The monoisotopic (exact) mass is 224 g/mol. The summed E-state index contributed by atoms with van der Waals surface area (Å²) in [6.07, 6.45) is 0. The second kappa shape index (κ2) is 4.07. The Bertz CT molecular complexity index is 491. The Hall–Kier alpha value is -1.93. The van der Waals surface area contributed by atoms with E-state index in [1.807, 2.05) is 0 Å². The zero-order valence-corrected chi connectivity index (χ0v) is 8.41. The van der Waals surface area contributed by atoms with Gasteiger partial charge in [0, 0.05) is 11.6 Å². The SMILES string of the molecule is Cc1cc(C#N)c([N+](=O)[O-])cc1C(=O)Cl. The Labute approximate surface area is 90.0 Å². The summed E-state index contributed by atoms with van der Waals surface area (Å²) < 4.78 is 0. The molecular weight excluding hydrogens is 220 g/mol. The van der Waals surface area contributed by atoms with Crippen molar-refractivity contribution in [1.29, 1.82) is 5.26 Å². The van der Waals surface area contributed by atoms with Gasteiger partial charge in [-0.1, -0.05) is 0 Å². The van der Waals surface area contributed by atoms with Crippen LogP contribution in [0.5, 0.6) is 0 Å². The lowest BCUT2D eigenvalue weighted by Gasteiger charge is -2.01. The molecule has 0 saturated heterocycles. The summed E-state index contributed by atoms with van der Waals surface area (Å²) in [5.41, 5.74) is -0.00853. The summed E-state index contributed by atoms with van der Waals surface area (Å²) in [5, 5.41) is 18.4. The van der Waals surface area contributed by atoms with E-state index >= 15 is 0 Å². The molecule has 0 bridgehead atoms. The molecule has 1 aromatic carbocycles. The molecule has 0 fully saturated rings. The number of aryl methyl sites for hydroxylation is 1. The van der Waals surface area contributed by atoms with Gasteiger partial charge in [0.05, 0.1) is 4.92 Å². The molecule has 5 nitrogen and oxygen atoms in total. The van der Waals surface area contributed by atoms with Gasteiger partial charge in [0.1, 0.15) is 11.6 Å². The summed E-state index contributed by atoms with van der Waals surface area (Å²) in [6, 6.07) is 3.98. The fourth-order valence-corrected chi connectivity index (χ4v) is 1.35. The summed E-state index contributed by atoms with van der Waals surface area (Å²) in [4.78, 5) is 20.7. The Balaban J connectivity index is 3.52.